The summed E-state index contributed by atoms with van der Waals surface area (Å²) < 4.78 is 43.2. The molecule has 0 aromatic carbocycles. The molecular weight excluding hydrogens is 173 g/mol. The Balaban J connectivity index is 3.02. The van der Waals surface area contributed by atoms with E-state index < -0.39 is 23.9 Å². The fraction of sp³-hybridized carbons (Fsp3) is 0.429. The summed E-state index contributed by atoms with van der Waals surface area (Å²) in [6.45, 7) is 0. The van der Waals surface area contributed by atoms with Crippen molar-refractivity contribution < 1.29 is 24.8 Å². The van der Waals surface area contributed by atoms with E-state index in [1.54, 1.807) is 0 Å². The maximum Gasteiger partial charge on any atom is 0.415 e. The van der Waals surface area contributed by atoms with Gasteiger partial charge in [0, 0.05) is 0 Å². The van der Waals surface area contributed by atoms with Crippen molar-refractivity contribution in [1.29, 1.82) is 0 Å². The van der Waals surface area contributed by atoms with Crippen molar-refractivity contribution in [3.8, 4) is 0 Å². The molecular formula is C7H7F3O2. The lowest BCUT2D eigenvalue weighted by Crippen LogP contribution is -2.34. The molecule has 0 amide bonds. The Morgan fingerprint density at radius 1 is 1.42 bits per heavy atom. The van der Waals surface area contributed by atoms with Crippen LogP contribution in [0.25, 0.3) is 0 Å². The van der Waals surface area contributed by atoms with E-state index in [1.807, 2.05) is 0 Å². The summed E-state index contributed by atoms with van der Waals surface area (Å²) in [5, 5.41) is 17.9. The molecule has 0 unspecified atom stereocenters. The molecule has 0 bridgehead atoms. The Hall–Kier alpha value is -0.810. The Morgan fingerprint density at radius 3 is 2.42 bits per heavy atom. The van der Waals surface area contributed by atoms with Gasteiger partial charge in [-0.3, -0.25) is 0 Å². The van der Waals surface area contributed by atoms with Gasteiger partial charge < -0.3 is 10.2 Å². The normalized spacial score (nSPS) is 37.6. The maximum absolute atomic E-state index is 12.1. The van der Waals surface area contributed by atoms with Crippen LogP contribution in [0, 0.1) is 0 Å². The minimum absolute atomic E-state index is 0.633. The maximum atomic E-state index is 12.1. The topological polar surface area (TPSA) is 40.5 Å². The molecule has 12 heavy (non-hydrogen) atoms. The monoisotopic (exact) mass is 181 g/mol. The summed E-state index contributed by atoms with van der Waals surface area (Å²) in [6.07, 6.45) is -7.26. The lowest BCUT2D eigenvalue weighted by molar-refractivity contribution is -0.112. The number of alkyl halides is 3. The average molecular weight is 181 g/mol. The van der Waals surface area contributed by atoms with Crippen molar-refractivity contribution in [3.05, 3.63) is 23.8 Å². The van der Waals surface area contributed by atoms with Crippen LogP contribution >= 0.6 is 0 Å². The minimum Gasteiger partial charge on any atom is -0.386 e. The zero-order valence-electron chi connectivity index (χ0n) is 6.84. The van der Waals surface area contributed by atoms with Crippen LogP contribution in [-0.4, -0.2) is 28.6 Å². The summed E-state index contributed by atoms with van der Waals surface area (Å²) in [6, 6.07) is 0. The standard InChI is InChI=1S/C7H7F3O2/c8-7(9,10)4-2-1-3-5(11)6(4)12/h1-3,5-6,11-12H/t5-,6+/m0/s1/i5D. The van der Waals surface area contributed by atoms with Crippen LogP contribution in [0.3, 0.4) is 0 Å². The third-order valence-corrected chi connectivity index (χ3v) is 1.44. The van der Waals surface area contributed by atoms with Crippen LogP contribution in [0.1, 0.15) is 1.37 Å². The van der Waals surface area contributed by atoms with E-state index in [4.69, 9.17) is 11.6 Å². The second kappa shape index (κ2) is 2.91. The fourth-order valence-electron chi connectivity index (χ4n) is 0.841. The molecule has 0 aromatic heterocycles. The largest absolute Gasteiger partial charge is 0.415 e. The van der Waals surface area contributed by atoms with Crippen molar-refractivity contribution >= 4 is 0 Å². The first-order valence-corrected chi connectivity index (χ1v) is 3.12. The van der Waals surface area contributed by atoms with Crippen molar-refractivity contribution in [2.24, 2.45) is 0 Å². The van der Waals surface area contributed by atoms with Gasteiger partial charge in [-0.2, -0.15) is 13.2 Å². The second-order valence-corrected chi connectivity index (χ2v) is 2.31. The van der Waals surface area contributed by atoms with Gasteiger partial charge in [0.15, 0.2) is 0 Å². The molecule has 1 aliphatic rings. The molecule has 1 aliphatic carbocycles. The van der Waals surface area contributed by atoms with E-state index in [9.17, 15) is 13.2 Å². The molecule has 5 heteroatoms. The molecule has 0 saturated carbocycles. The molecule has 0 aliphatic heterocycles. The molecule has 0 spiro atoms. The quantitative estimate of drug-likeness (QED) is 0.579. The van der Waals surface area contributed by atoms with Gasteiger partial charge in [-0.1, -0.05) is 18.2 Å². The van der Waals surface area contributed by atoms with Gasteiger partial charge in [0.2, 0.25) is 0 Å². The Bertz CT molecular complexity index is 267. The highest BCUT2D eigenvalue weighted by Crippen LogP contribution is 2.31. The van der Waals surface area contributed by atoms with Crippen molar-refractivity contribution in [2.75, 3.05) is 0 Å². The SMILES string of the molecule is [2H][C@]1(O)C=CC=C(C(F)(F)F)[C@H]1O. The van der Waals surface area contributed by atoms with Crippen molar-refractivity contribution in [2.45, 2.75) is 18.4 Å². The molecule has 68 valence electrons. The Labute approximate surface area is 68.0 Å². The van der Waals surface area contributed by atoms with Crippen LogP contribution < -0.4 is 0 Å². The molecule has 2 atom stereocenters. The molecule has 2 nitrogen and oxygen atoms in total. The molecule has 2 N–H and O–H groups in total. The minimum atomic E-state index is -4.72. The average Bonchev–Trinajstić information content (AvgIpc) is 1.92. The summed E-state index contributed by atoms with van der Waals surface area (Å²) in [5.74, 6) is 0. The van der Waals surface area contributed by atoms with Crippen LogP contribution in [0.15, 0.2) is 23.8 Å². The van der Waals surface area contributed by atoms with E-state index in [0.717, 1.165) is 12.2 Å². The first kappa shape index (κ1) is 7.82. The van der Waals surface area contributed by atoms with E-state index in [0.29, 0.717) is 6.08 Å². The van der Waals surface area contributed by atoms with Gasteiger partial charge in [-0.05, 0) is 0 Å². The van der Waals surface area contributed by atoms with Crippen LogP contribution in [-0.2, 0) is 0 Å². The highest BCUT2D eigenvalue weighted by molar-refractivity contribution is 5.28. The lowest BCUT2D eigenvalue weighted by Gasteiger charge is -2.22. The van der Waals surface area contributed by atoms with Gasteiger partial charge in [0.05, 0.1) is 6.94 Å². The third-order valence-electron chi connectivity index (χ3n) is 1.44. The van der Waals surface area contributed by atoms with Gasteiger partial charge >= 0.3 is 6.18 Å². The van der Waals surface area contributed by atoms with E-state index in [2.05, 4.69) is 0 Å². The molecule has 0 heterocycles. The van der Waals surface area contributed by atoms with Gasteiger partial charge in [-0.25, -0.2) is 0 Å². The van der Waals surface area contributed by atoms with Crippen molar-refractivity contribution in [1.82, 2.24) is 0 Å². The molecule has 0 saturated heterocycles. The smallest absolute Gasteiger partial charge is 0.386 e. The van der Waals surface area contributed by atoms with Gasteiger partial charge in [-0.15, -0.1) is 0 Å². The second-order valence-electron chi connectivity index (χ2n) is 2.31. The first-order valence-electron chi connectivity index (χ1n) is 3.62. The van der Waals surface area contributed by atoms with Crippen LogP contribution in [0.5, 0.6) is 0 Å². The van der Waals surface area contributed by atoms with E-state index in [-0.39, 0.29) is 0 Å². The number of halogens is 3. The first-order chi connectivity index (χ1) is 5.75. The van der Waals surface area contributed by atoms with Gasteiger partial charge in [0.25, 0.3) is 0 Å². The number of rotatable bonds is 0. The number of allylic oxidation sites excluding steroid dienone is 2. The summed E-state index contributed by atoms with van der Waals surface area (Å²) in [4.78, 5) is 0. The highest BCUT2D eigenvalue weighted by atomic mass is 19.4. The number of aliphatic hydroxyl groups excluding tert-OH is 1. The fourth-order valence-corrected chi connectivity index (χ4v) is 0.841. The third kappa shape index (κ3) is 1.67. The Morgan fingerprint density at radius 2 is 2.00 bits per heavy atom. The molecule has 0 fully saturated rings. The summed E-state index contributed by atoms with van der Waals surface area (Å²) >= 11 is 0. The van der Waals surface area contributed by atoms with E-state index >= 15 is 0 Å². The predicted molar refractivity (Wildman–Crippen MR) is 35.3 cm³/mol. The number of hydrogen-bond acceptors (Lipinski definition) is 2. The predicted octanol–water partition coefficient (Wildman–Crippen LogP) is 0.767. The van der Waals surface area contributed by atoms with Crippen LogP contribution in [0.4, 0.5) is 13.2 Å². The summed E-state index contributed by atoms with van der Waals surface area (Å²) in [5.41, 5.74) is -1.31. The van der Waals surface area contributed by atoms with Crippen molar-refractivity contribution in [3.63, 3.8) is 0 Å². The zero-order chi connectivity index (χ0) is 10.3. The van der Waals surface area contributed by atoms with Crippen LogP contribution in [0.2, 0.25) is 0 Å². The zero-order valence-corrected chi connectivity index (χ0v) is 5.84. The molecule has 1 rings (SSSR count). The highest BCUT2D eigenvalue weighted by Gasteiger charge is 2.40. The Kier molecular flexibility index (Phi) is 1.90. The molecule has 0 radical (unpaired) electrons. The summed E-state index contributed by atoms with van der Waals surface area (Å²) in [7, 11) is 0. The number of aliphatic hydroxyl groups is 2. The lowest BCUT2D eigenvalue weighted by atomic mass is 9.99. The van der Waals surface area contributed by atoms with Gasteiger partial charge in [0.1, 0.15) is 12.2 Å². The molecule has 0 aromatic rings. The van der Waals surface area contributed by atoms with E-state index in [1.165, 1.54) is 0 Å². The number of hydrogen-bond donors (Lipinski definition) is 2.